The second kappa shape index (κ2) is 7.41. The Bertz CT molecular complexity index is 650. The number of rotatable bonds is 4. The van der Waals surface area contributed by atoms with E-state index >= 15 is 0 Å². The van der Waals surface area contributed by atoms with Gasteiger partial charge < -0.3 is 15.4 Å². The topological polar surface area (TPSA) is 50.4 Å². The summed E-state index contributed by atoms with van der Waals surface area (Å²) in [5.74, 6) is 0.434. The molecule has 2 N–H and O–H groups in total. The number of ether oxygens (including phenoxy) is 1. The van der Waals surface area contributed by atoms with Gasteiger partial charge in [-0.25, -0.2) is 4.79 Å². The van der Waals surface area contributed by atoms with Crippen LogP contribution in [0.2, 0.25) is 15.1 Å². The zero-order valence-corrected chi connectivity index (χ0v) is 13.0. The molecular weight excluding hydrogens is 335 g/mol. The third kappa shape index (κ3) is 5.01. The van der Waals surface area contributed by atoms with Gasteiger partial charge >= 0.3 is 6.03 Å². The lowest BCUT2D eigenvalue weighted by Crippen LogP contribution is -2.32. The van der Waals surface area contributed by atoms with E-state index in [0.29, 0.717) is 26.5 Å². The molecule has 0 saturated heterocycles. The zero-order valence-electron chi connectivity index (χ0n) is 10.7. The average Bonchev–Trinajstić information content (AvgIpc) is 2.41. The van der Waals surface area contributed by atoms with Crippen LogP contribution in [-0.2, 0) is 0 Å². The third-order valence-corrected chi connectivity index (χ3v) is 3.20. The Morgan fingerprint density at radius 2 is 1.81 bits per heavy atom. The molecule has 21 heavy (non-hydrogen) atoms. The summed E-state index contributed by atoms with van der Waals surface area (Å²) in [6, 6.07) is 11.2. The molecule has 0 bridgehead atoms. The third-order valence-electron chi connectivity index (χ3n) is 2.44. The van der Waals surface area contributed by atoms with Crippen LogP contribution < -0.4 is 15.4 Å². The fraction of sp³-hybridized carbons (Fsp3) is 0.0714. The molecule has 2 amide bonds. The number of carbonyl (C=O) groups is 1. The fourth-order valence-electron chi connectivity index (χ4n) is 1.51. The number of hydrogen-bond donors (Lipinski definition) is 2. The van der Waals surface area contributed by atoms with Gasteiger partial charge in [0.2, 0.25) is 0 Å². The second-order valence-corrected chi connectivity index (χ2v) is 5.28. The Morgan fingerprint density at radius 3 is 2.52 bits per heavy atom. The maximum absolute atomic E-state index is 11.7. The number of carbonyl (C=O) groups excluding carboxylic acids is 1. The van der Waals surface area contributed by atoms with Gasteiger partial charge in [-0.3, -0.25) is 0 Å². The summed E-state index contributed by atoms with van der Waals surface area (Å²) in [5.41, 5.74) is 0.588. The van der Waals surface area contributed by atoms with Crippen molar-refractivity contribution in [3.8, 4) is 5.75 Å². The first-order chi connectivity index (χ1) is 10.0. The molecule has 0 aromatic heterocycles. The average molecular weight is 346 g/mol. The molecule has 0 aliphatic carbocycles. The number of hydrogen-bond acceptors (Lipinski definition) is 2. The first-order valence-electron chi connectivity index (χ1n) is 5.93. The van der Waals surface area contributed by atoms with Crippen molar-refractivity contribution in [3.05, 3.63) is 57.5 Å². The molecule has 0 atom stereocenters. The van der Waals surface area contributed by atoms with Crippen molar-refractivity contribution in [1.82, 2.24) is 5.32 Å². The predicted octanol–water partition coefficient (Wildman–Crippen LogP) is 4.80. The minimum Gasteiger partial charge on any atom is -0.472 e. The van der Waals surface area contributed by atoms with Crippen molar-refractivity contribution in [2.45, 2.75) is 0 Å². The minimum absolute atomic E-state index is 0.0340. The van der Waals surface area contributed by atoms with Gasteiger partial charge in [-0.2, -0.15) is 0 Å². The van der Waals surface area contributed by atoms with Gasteiger partial charge in [0.15, 0.2) is 6.73 Å². The molecule has 0 fully saturated rings. The van der Waals surface area contributed by atoms with E-state index in [4.69, 9.17) is 39.5 Å². The molecule has 0 aliphatic rings. The molecule has 0 unspecified atom stereocenters. The van der Waals surface area contributed by atoms with Gasteiger partial charge in [0, 0.05) is 15.7 Å². The van der Waals surface area contributed by atoms with Crippen LogP contribution >= 0.6 is 34.8 Å². The van der Waals surface area contributed by atoms with Crippen molar-refractivity contribution < 1.29 is 9.53 Å². The summed E-state index contributed by atoms with van der Waals surface area (Å²) in [6.07, 6.45) is 0. The fourth-order valence-corrected chi connectivity index (χ4v) is 2.17. The van der Waals surface area contributed by atoms with Crippen molar-refractivity contribution in [1.29, 1.82) is 0 Å². The van der Waals surface area contributed by atoms with E-state index in [0.717, 1.165) is 0 Å². The highest BCUT2D eigenvalue weighted by atomic mass is 35.5. The van der Waals surface area contributed by atoms with E-state index in [1.807, 2.05) is 0 Å². The number of nitrogens with one attached hydrogen (secondary N) is 2. The van der Waals surface area contributed by atoms with Crippen LogP contribution in [-0.4, -0.2) is 12.8 Å². The van der Waals surface area contributed by atoms with Crippen LogP contribution in [0.3, 0.4) is 0 Å². The largest absolute Gasteiger partial charge is 0.472 e. The quantitative estimate of drug-likeness (QED) is 0.782. The van der Waals surface area contributed by atoms with Gasteiger partial charge in [0.1, 0.15) is 5.75 Å². The molecule has 0 aliphatic heterocycles. The standard InChI is InChI=1S/C14H11Cl3N2O2/c15-9-2-1-3-11(6-9)19-14(20)18-8-21-13-5-4-10(16)7-12(13)17/h1-7H,8H2,(H2,18,19,20). The molecule has 2 rings (SSSR count). The molecule has 0 spiro atoms. The Labute approximate surface area is 137 Å². The molecule has 7 heteroatoms. The summed E-state index contributed by atoms with van der Waals surface area (Å²) >= 11 is 17.5. The van der Waals surface area contributed by atoms with Crippen molar-refractivity contribution >= 4 is 46.5 Å². The van der Waals surface area contributed by atoms with Gasteiger partial charge in [-0.15, -0.1) is 0 Å². The Balaban J connectivity index is 1.81. The lowest BCUT2D eigenvalue weighted by molar-refractivity contribution is 0.234. The molecule has 110 valence electrons. The lowest BCUT2D eigenvalue weighted by Gasteiger charge is -2.10. The normalized spacial score (nSPS) is 10.0. The highest BCUT2D eigenvalue weighted by Crippen LogP contribution is 2.27. The van der Waals surface area contributed by atoms with E-state index in [1.54, 1.807) is 42.5 Å². The lowest BCUT2D eigenvalue weighted by atomic mass is 10.3. The Morgan fingerprint density at radius 1 is 1.05 bits per heavy atom. The molecule has 4 nitrogen and oxygen atoms in total. The number of benzene rings is 2. The van der Waals surface area contributed by atoms with Crippen LogP contribution in [0, 0.1) is 0 Å². The molecule has 0 saturated carbocycles. The minimum atomic E-state index is -0.414. The van der Waals surface area contributed by atoms with E-state index in [9.17, 15) is 4.79 Å². The second-order valence-electron chi connectivity index (χ2n) is 4.00. The van der Waals surface area contributed by atoms with Crippen LogP contribution in [0.25, 0.3) is 0 Å². The monoisotopic (exact) mass is 344 g/mol. The zero-order chi connectivity index (χ0) is 15.2. The van der Waals surface area contributed by atoms with Crippen molar-refractivity contribution in [2.24, 2.45) is 0 Å². The van der Waals surface area contributed by atoms with Crippen molar-refractivity contribution in [2.75, 3.05) is 12.0 Å². The molecule has 2 aromatic carbocycles. The van der Waals surface area contributed by atoms with Gasteiger partial charge in [0.05, 0.1) is 5.02 Å². The maximum atomic E-state index is 11.7. The summed E-state index contributed by atoms with van der Waals surface area (Å²) in [6.45, 7) is -0.0340. The van der Waals surface area contributed by atoms with E-state index in [1.165, 1.54) is 0 Å². The van der Waals surface area contributed by atoms with E-state index < -0.39 is 6.03 Å². The summed E-state index contributed by atoms with van der Waals surface area (Å²) in [7, 11) is 0. The van der Waals surface area contributed by atoms with Crippen LogP contribution in [0.1, 0.15) is 0 Å². The SMILES string of the molecule is O=C(NCOc1ccc(Cl)cc1Cl)Nc1cccc(Cl)c1. The molecule has 0 radical (unpaired) electrons. The smallest absolute Gasteiger partial charge is 0.321 e. The van der Waals surface area contributed by atoms with Crippen LogP contribution in [0.15, 0.2) is 42.5 Å². The number of anilines is 1. The molecule has 2 aromatic rings. The van der Waals surface area contributed by atoms with Crippen LogP contribution in [0.5, 0.6) is 5.75 Å². The van der Waals surface area contributed by atoms with Gasteiger partial charge in [-0.05, 0) is 36.4 Å². The highest BCUT2D eigenvalue weighted by molar-refractivity contribution is 6.35. The summed E-state index contributed by atoms with van der Waals surface area (Å²) in [4.78, 5) is 11.7. The Hall–Kier alpha value is -1.62. The summed E-state index contributed by atoms with van der Waals surface area (Å²) in [5, 5.41) is 6.58. The van der Waals surface area contributed by atoms with E-state index in [2.05, 4.69) is 10.6 Å². The predicted molar refractivity (Wildman–Crippen MR) is 85.6 cm³/mol. The van der Waals surface area contributed by atoms with Crippen LogP contribution in [0.4, 0.5) is 10.5 Å². The highest BCUT2D eigenvalue weighted by Gasteiger charge is 2.04. The first kappa shape index (κ1) is 15.8. The molecule has 0 heterocycles. The number of urea groups is 1. The number of amides is 2. The number of halogens is 3. The van der Waals surface area contributed by atoms with Crippen molar-refractivity contribution in [3.63, 3.8) is 0 Å². The maximum Gasteiger partial charge on any atom is 0.321 e. The Kier molecular flexibility index (Phi) is 5.56. The van der Waals surface area contributed by atoms with E-state index in [-0.39, 0.29) is 6.73 Å². The first-order valence-corrected chi connectivity index (χ1v) is 7.06. The summed E-state index contributed by atoms with van der Waals surface area (Å²) < 4.78 is 5.34. The van der Waals surface area contributed by atoms with Gasteiger partial charge in [0.25, 0.3) is 0 Å². The van der Waals surface area contributed by atoms with Gasteiger partial charge in [-0.1, -0.05) is 40.9 Å². The molecular formula is C14H11Cl3N2O2.